The van der Waals surface area contributed by atoms with E-state index >= 15 is 0 Å². The molecule has 1 aliphatic heterocycles. The zero-order valence-corrected chi connectivity index (χ0v) is 16.8. The Balaban J connectivity index is 1.75. The van der Waals surface area contributed by atoms with Crippen LogP contribution in [-0.4, -0.2) is 46.4 Å². The van der Waals surface area contributed by atoms with Gasteiger partial charge < -0.3 is 9.64 Å². The Hall–Kier alpha value is -3.17. The summed E-state index contributed by atoms with van der Waals surface area (Å²) in [5.41, 5.74) is 3.91. The van der Waals surface area contributed by atoms with E-state index in [4.69, 9.17) is 4.74 Å². The molecule has 10 nitrogen and oxygen atoms in total. The van der Waals surface area contributed by atoms with Crippen molar-refractivity contribution >= 4 is 23.6 Å². The van der Waals surface area contributed by atoms with Gasteiger partial charge in [-0.25, -0.2) is 4.79 Å². The topological polar surface area (TPSA) is 131 Å². The predicted octanol–water partition coefficient (Wildman–Crippen LogP) is 2.39. The second kappa shape index (κ2) is 9.35. The number of hydrogen-bond donors (Lipinski definition) is 2. The number of piperidine rings is 1. The smallest absolute Gasteiger partial charge is 0.410 e. The SMILES string of the molecule is CC(C)(C)OC(=O)N1CCC(CC(=O)NNC(=O)c2cccc([N+](=O)[O-])c2)CC1. The zero-order valence-electron chi connectivity index (χ0n) is 16.8. The molecular formula is C19H26N4O6. The molecule has 0 radical (unpaired) electrons. The average molecular weight is 406 g/mol. The van der Waals surface area contributed by atoms with Gasteiger partial charge in [0.2, 0.25) is 5.91 Å². The first-order chi connectivity index (χ1) is 13.5. The van der Waals surface area contributed by atoms with Gasteiger partial charge in [0, 0.05) is 37.2 Å². The Labute approximate surface area is 168 Å². The summed E-state index contributed by atoms with van der Waals surface area (Å²) in [6.45, 7) is 6.44. The summed E-state index contributed by atoms with van der Waals surface area (Å²) in [7, 11) is 0. The third kappa shape index (κ3) is 7.05. The van der Waals surface area contributed by atoms with Gasteiger partial charge in [-0.05, 0) is 45.6 Å². The fraction of sp³-hybridized carbons (Fsp3) is 0.526. The lowest BCUT2D eigenvalue weighted by atomic mass is 9.93. The van der Waals surface area contributed by atoms with E-state index in [0.717, 1.165) is 6.07 Å². The van der Waals surface area contributed by atoms with Crippen LogP contribution in [0.5, 0.6) is 0 Å². The molecule has 1 heterocycles. The molecule has 3 amide bonds. The molecule has 1 aliphatic rings. The van der Waals surface area contributed by atoms with Gasteiger partial charge in [0.25, 0.3) is 11.6 Å². The van der Waals surface area contributed by atoms with E-state index in [0.29, 0.717) is 25.9 Å². The lowest BCUT2D eigenvalue weighted by Crippen LogP contribution is -2.44. The van der Waals surface area contributed by atoms with Crippen molar-refractivity contribution in [3.05, 3.63) is 39.9 Å². The third-order valence-electron chi connectivity index (χ3n) is 4.37. The summed E-state index contributed by atoms with van der Waals surface area (Å²) in [4.78, 5) is 48.0. The van der Waals surface area contributed by atoms with Gasteiger partial charge in [-0.15, -0.1) is 0 Å². The molecule has 1 fully saturated rings. The Morgan fingerprint density at radius 2 is 1.86 bits per heavy atom. The zero-order chi connectivity index (χ0) is 21.6. The van der Waals surface area contributed by atoms with Crippen molar-refractivity contribution in [3.8, 4) is 0 Å². The maximum absolute atomic E-state index is 12.1. The lowest BCUT2D eigenvalue weighted by molar-refractivity contribution is -0.384. The van der Waals surface area contributed by atoms with Crippen LogP contribution >= 0.6 is 0 Å². The van der Waals surface area contributed by atoms with Crippen molar-refractivity contribution in [1.82, 2.24) is 15.8 Å². The predicted molar refractivity (Wildman–Crippen MR) is 104 cm³/mol. The fourth-order valence-corrected chi connectivity index (χ4v) is 2.92. The standard InChI is InChI=1S/C19H26N4O6/c1-19(2,3)29-18(26)22-9-7-13(8-10-22)11-16(24)20-21-17(25)14-5-4-6-15(12-14)23(27)28/h4-6,12-13H,7-11H2,1-3H3,(H,20,24)(H,21,25). The van der Waals surface area contributed by atoms with E-state index in [1.807, 2.05) is 20.8 Å². The number of ether oxygens (including phenoxy) is 1. The fourth-order valence-electron chi connectivity index (χ4n) is 2.92. The Bertz CT molecular complexity index is 781. The highest BCUT2D eigenvalue weighted by Gasteiger charge is 2.27. The number of hydrazine groups is 1. The summed E-state index contributed by atoms with van der Waals surface area (Å²) < 4.78 is 5.34. The molecule has 2 rings (SSSR count). The maximum Gasteiger partial charge on any atom is 0.410 e. The van der Waals surface area contributed by atoms with Gasteiger partial charge in [0.1, 0.15) is 5.60 Å². The lowest BCUT2D eigenvalue weighted by Gasteiger charge is -2.33. The van der Waals surface area contributed by atoms with Crippen LogP contribution in [0.3, 0.4) is 0 Å². The molecule has 0 aromatic heterocycles. The number of hydrogen-bond acceptors (Lipinski definition) is 6. The molecule has 0 bridgehead atoms. The number of carbonyl (C=O) groups is 3. The molecule has 0 aliphatic carbocycles. The molecule has 0 saturated carbocycles. The van der Waals surface area contributed by atoms with Crippen LogP contribution in [0, 0.1) is 16.0 Å². The molecule has 2 N–H and O–H groups in total. The molecule has 1 aromatic rings. The summed E-state index contributed by atoms with van der Waals surface area (Å²) in [5.74, 6) is -0.912. The van der Waals surface area contributed by atoms with Crippen LogP contribution in [0.25, 0.3) is 0 Å². The number of non-ortho nitro benzene ring substituents is 1. The third-order valence-corrected chi connectivity index (χ3v) is 4.37. The normalized spacial score (nSPS) is 14.8. The summed E-state index contributed by atoms with van der Waals surface area (Å²) in [6.07, 6.45) is 1.17. The summed E-state index contributed by atoms with van der Waals surface area (Å²) >= 11 is 0. The molecule has 158 valence electrons. The number of nitrogens with zero attached hydrogens (tertiary/aromatic N) is 2. The van der Waals surface area contributed by atoms with Gasteiger partial charge in [0.15, 0.2) is 0 Å². The van der Waals surface area contributed by atoms with Crippen molar-refractivity contribution in [1.29, 1.82) is 0 Å². The molecular weight excluding hydrogens is 380 g/mol. The molecule has 1 saturated heterocycles. The largest absolute Gasteiger partial charge is 0.444 e. The Kier molecular flexibility index (Phi) is 7.13. The quantitative estimate of drug-likeness (QED) is 0.583. The van der Waals surface area contributed by atoms with Gasteiger partial charge in [0.05, 0.1) is 4.92 Å². The summed E-state index contributed by atoms with van der Waals surface area (Å²) in [6, 6.07) is 5.22. The van der Waals surface area contributed by atoms with Crippen LogP contribution in [0.15, 0.2) is 24.3 Å². The van der Waals surface area contributed by atoms with E-state index in [1.165, 1.54) is 18.2 Å². The van der Waals surface area contributed by atoms with Crippen LogP contribution in [0.2, 0.25) is 0 Å². The van der Waals surface area contributed by atoms with Crippen LogP contribution in [-0.2, 0) is 9.53 Å². The highest BCUT2D eigenvalue weighted by Crippen LogP contribution is 2.22. The van der Waals surface area contributed by atoms with E-state index in [9.17, 15) is 24.5 Å². The number of nitrogens with one attached hydrogen (secondary N) is 2. The Morgan fingerprint density at radius 1 is 1.21 bits per heavy atom. The first kappa shape index (κ1) is 22.1. The molecule has 29 heavy (non-hydrogen) atoms. The van der Waals surface area contributed by atoms with Crippen LogP contribution in [0.1, 0.15) is 50.4 Å². The summed E-state index contributed by atoms with van der Waals surface area (Å²) in [5, 5.41) is 10.8. The highest BCUT2D eigenvalue weighted by molar-refractivity contribution is 5.95. The van der Waals surface area contributed by atoms with Gasteiger partial charge in [-0.2, -0.15) is 0 Å². The molecule has 10 heteroatoms. The van der Waals surface area contributed by atoms with Crippen LogP contribution in [0.4, 0.5) is 10.5 Å². The number of nitro benzene ring substituents is 1. The van der Waals surface area contributed by atoms with Gasteiger partial charge in [-0.1, -0.05) is 6.07 Å². The molecule has 0 unspecified atom stereocenters. The molecule has 0 atom stereocenters. The highest BCUT2D eigenvalue weighted by atomic mass is 16.6. The molecule has 1 aromatic carbocycles. The number of likely N-dealkylation sites (tertiary alicyclic amines) is 1. The minimum Gasteiger partial charge on any atom is -0.444 e. The van der Waals surface area contributed by atoms with E-state index in [2.05, 4.69) is 10.9 Å². The number of benzene rings is 1. The van der Waals surface area contributed by atoms with E-state index < -0.39 is 16.4 Å². The van der Waals surface area contributed by atoms with Crippen molar-refractivity contribution in [2.24, 2.45) is 5.92 Å². The van der Waals surface area contributed by atoms with Crippen molar-refractivity contribution in [3.63, 3.8) is 0 Å². The van der Waals surface area contributed by atoms with Gasteiger partial charge >= 0.3 is 6.09 Å². The molecule has 0 spiro atoms. The second-order valence-corrected chi connectivity index (χ2v) is 7.92. The minimum absolute atomic E-state index is 0.0742. The van der Waals surface area contributed by atoms with E-state index in [1.54, 1.807) is 4.90 Å². The number of amides is 3. The average Bonchev–Trinajstić information content (AvgIpc) is 2.65. The monoisotopic (exact) mass is 406 g/mol. The van der Waals surface area contributed by atoms with Crippen molar-refractivity contribution in [2.45, 2.75) is 45.6 Å². The minimum atomic E-state index is -0.637. The van der Waals surface area contributed by atoms with Crippen molar-refractivity contribution < 1.29 is 24.0 Å². The van der Waals surface area contributed by atoms with E-state index in [-0.39, 0.29) is 35.6 Å². The number of nitro groups is 1. The van der Waals surface area contributed by atoms with Crippen molar-refractivity contribution in [2.75, 3.05) is 13.1 Å². The number of rotatable bonds is 4. The first-order valence-corrected chi connectivity index (χ1v) is 9.37. The first-order valence-electron chi connectivity index (χ1n) is 9.37. The van der Waals surface area contributed by atoms with Gasteiger partial charge in [-0.3, -0.25) is 30.6 Å². The van der Waals surface area contributed by atoms with Crippen LogP contribution < -0.4 is 10.9 Å². The maximum atomic E-state index is 12.1. The second-order valence-electron chi connectivity index (χ2n) is 7.92. The number of carbonyl (C=O) groups excluding carboxylic acids is 3. The Morgan fingerprint density at radius 3 is 2.45 bits per heavy atom.